The fraction of sp³-hybridized carbons (Fsp3) is 0.407. The monoisotopic (exact) mass is 486 g/mol. The summed E-state index contributed by atoms with van der Waals surface area (Å²) in [5.41, 5.74) is 12.3. The molecule has 188 valence electrons. The normalized spacial score (nSPS) is 23.6. The molecule has 3 atom stereocenters. The minimum atomic E-state index is 0.0408. The van der Waals surface area contributed by atoms with Gasteiger partial charge in [-0.1, -0.05) is 12.1 Å². The standard InChI is InChI=1S/C27H34N8O/c1-16-25-21(9-23(29-2)20-5-3-4-6-24(20)36)26(28)33-22(25)7-8-35(16)27-31-12-19(13-32-27)34-14-17-10-30-11-18(17)15-34/h3-6,9,12-13,16-18,29-30,33,36H,7-8,10-11,14-15,28H2,1-2H3/b23-9-/t16?,17-,18+. The van der Waals surface area contributed by atoms with Gasteiger partial charge in [0, 0.05) is 74.3 Å². The van der Waals surface area contributed by atoms with Crippen molar-refractivity contribution in [3.8, 4) is 5.75 Å². The van der Waals surface area contributed by atoms with E-state index in [1.807, 2.05) is 43.7 Å². The molecule has 3 aliphatic heterocycles. The van der Waals surface area contributed by atoms with Crippen LogP contribution in [0, 0.1) is 11.8 Å². The number of aromatic hydroxyl groups is 1. The van der Waals surface area contributed by atoms with E-state index in [1.165, 1.54) is 0 Å². The lowest BCUT2D eigenvalue weighted by Gasteiger charge is -2.34. The molecule has 3 aromatic rings. The summed E-state index contributed by atoms with van der Waals surface area (Å²) in [6, 6.07) is 7.35. The van der Waals surface area contributed by atoms with Crippen molar-refractivity contribution >= 4 is 29.2 Å². The number of nitrogens with two attached hydrogens (primary N) is 1. The van der Waals surface area contributed by atoms with Crippen LogP contribution in [0.2, 0.25) is 0 Å². The molecule has 0 saturated carbocycles. The van der Waals surface area contributed by atoms with Crippen molar-refractivity contribution in [3.63, 3.8) is 0 Å². The second kappa shape index (κ2) is 9.05. The van der Waals surface area contributed by atoms with Crippen molar-refractivity contribution in [2.75, 3.05) is 55.3 Å². The second-order valence-corrected chi connectivity index (χ2v) is 10.1. The molecule has 9 nitrogen and oxygen atoms in total. The highest BCUT2D eigenvalue weighted by molar-refractivity contribution is 5.87. The summed E-state index contributed by atoms with van der Waals surface area (Å²) in [5, 5.41) is 17.1. The number of nitrogen functional groups attached to an aromatic ring is 1. The molecule has 0 amide bonds. The first-order chi connectivity index (χ1) is 17.5. The van der Waals surface area contributed by atoms with Gasteiger partial charge in [-0.15, -0.1) is 0 Å². The maximum atomic E-state index is 10.4. The van der Waals surface area contributed by atoms with E-state index in [-0.39, 0.29) is 11.8 Å². The van der Waals surface area contributed by atoms with Crippen molar-refractivity contribution < 1.29 is 5.11 Å². The number of para-hydroxylation sites is 1. The van der Waals surface area contributed by atoms with Gasteiger partial charge in [0.15, 0.2) is 0 Å². The average molecular weight is 487 g/mol. The Morgan fingerprint density at radius 3 is 2.58 bits per heavy atom. The third-order valence-corrected chi connectivity index (χ3v) is 8.07. The zero-order valence-corrected chi connectivity index (χ0v) is 20.8. The number of aromatic nitrogens is 3. The number of nitrogens with one attached hydrogen (secondary N) is 3. The Kier molecular flexibility index (Phi) is 5.72. The lowest BCUT2D eigenvalue weighted by Crippen LogP contribution is -2.35. The maximum Gasteiger partial charge on any atom is 0.225 e. The molecular weight excluding hydrogens is 452 g/mol. The highest BCUT2D eigenvalue weighted by Gasteiger charge is 2.36. The van der Waals surface area contributed by atoms with Gasteiger partial charge < -0.3 is 36.3 Å². The summed E-state index contributed by atoms with van der Waals surface area (Å²) in [6.45, 7) is 7.37. The van der Waals surface area contributed by atoms with Gasteiger partial charge in [-0.2, -0.15) is 0 Å². The number of aromatic amines is 1. The van der Waals surface area contributed by atoms with Crippen molar-refractivity contribution in [1.29, 1.82) is 0 Å². The number of rotatable bonds is 5. The highest BCUT2D eigenvalue weighted by Crippen LogP contribution is 2.39. The van der Waals surface area contributed by atoms with E-state index in [2.05, 4.69) is 32.3 Å². The van der Waals surface area contributed by atoms with Crippen molar-refractivity contribution in [3.05, 3.63) is 59.0 Å². The van der Waals surface area contributed by atoms with E-state index in [0.717, 1.165) is 90.7 Å². The summed E-state index contributed by atoms with van der Waals surface area (Å²) >= 11 is 0. The number of phenols is 1. The molecule has 1 aromatic carbocycles. The summed E-state index contributed by atoms with van der Waals surface area (Å²) < 4.78 is 0. The highest BCUT2D eigenvalue weighted by atomic mass is 16.3. The molecule has 2 fully saturated rings. The third-order valence-electron chi connectivity index (χ3n) is 8.07. The predicted octanol–water partition coefficient (Wildman–Crippen LogP) is 2.59. The van der Waals surface area contributed by atoms with Crippen LogP contribution in [0.15, 0.2) is 36.7 Å². The van der Waals surface area contributed by atoms with Crippen LogP contribution in [-0.4, -0.2) is 59.8 Å². The summed E-state index contributed by atoms with van der Waals surface area (Å²) in [7, 11) is 1.85. The molecule has 1 unspecified atom stereocenters. The van der Waals surface area contributed by atoms with Crippen LogP contribution in [0.25, 0.3) is 11.8 Å². The van der Waals surface area contributed by atoms with Gasteiger partial charge in [-0.25, -0.2) is 9.97 Å². The van der Waals surface area contributed by atoms with Crippen LogP contribution in [-0.2, 0) is 6.42 Å². The number of hydrogen-bond donors (Lipinski definition) is 5. The lowest BCUT2D eigenvalue weighted by molar-refractivity contribution is 0.473. The van der Waals surface area contributed by atoms with E-state index in [4.69, 9.17) is 15.7 Å². The Bertz CT molecular complexity index is 1270. The van der Waals surface area contributed by atoms with Crippen molar-refractivity contribution in [2.45, 2.75) is 19.4 Å². The van der Waals surface area contributed by atoms with Crippen molar-refractivity contribution in [1.82, 2.24) is 25.6 Å². The van der Waals surface area contributed by atoms with E-state index in [0.29, 0.717) is 5.82 Å². The van der Waals surface area contributed by atoms with Gasteiger partial charge in [-0.3, -0.25) is 0 Å². The van der Waals surface area contributed by atoms with Gasteiger partial charge >= 0.3 is 0 Å². The van der Waals surface area contributed by atoms with E-state index in [9.17, 15) is 5.11 Å². The Morgan fingerprint density at radius 1 is 1.17 bits per heavy atom. The zero-order chi connectivity index (χ0) is 24.8. The number of fused-ring (bicyclic) bond motifs is 2. The van der Waals surface area contributed by atoms with Gasteiger partial charge in [-0.05, 0) is 37.0 Å². The van der Waals surface area contributed by atoms with Crippen LogP contribution in [0.1, 0.15) is 35.3 Å². The van der Waals surface area contributed by atoms with E-state index >= 15 is 0 Å². The topological polar surface area (TPSA) is 118 Å². The van der Waals surface area contributed by atoms with Crippen molar-refractivity contribution in [2.24, 2.45) is 11.8 Å². The smallest absolute Gasteiger partial charge is 0.225 e. The fourth-order valence-corrected chi connectivity index (χ4v) is 6.11. The number of anilines is 3. The Labute approximate surface area is 211 Å². The molecule has 36 heavy (non-hydrogen) atoms. The predicted molar refractivity (Wildman–Crippen MR) is 144 cm³/mol. The van der Waals surface area contributed by atoms with Gasteiger partial charge in [0.05, 0.1) is 24.1 Å². The molecule has 2 saturated heterocycles. The largest absolute Gasteiger partial charge is 0.507 e. The summed E-state index contributed by atoms with van der Waals surface area (Å²) in [6.07, 6.45) is 6.80. The molecule has 2 aromatic heterocycles. The first-order valence-corrected chi connectivity index (χ1v) is 12.8. The Balaban J connectivity index is 1.27. The van der Waals surface area contributed by atoms with E-state index in [1.54, 1.807) is 6.07 Å². The Hall–Kier alpha value is -3.72. The van der Waals surface area contributed by atoms with Crippen LogP contribution >= 0.6 is 0 Å². The molecular formula is C27H34N8O. The lowest BCUT2D eigenvalue weighted by atomic mass is 9.95. The molecule has 0 bridgehead atoms. The number of benzene rings is 1. The van der Waals surface area contributed by atoms with Crippen LogP contribution < -0.4 is 26.2 Å². The molecule has 6 rings (SSSR count). The minimum Gasteiger partial charge on any atom is -0.507 e. The average Bonchev–Trinajstić information content (AvgIpc) is 3.57. The number of hydrogen-bond acceptors (Lipinski definition) is 8. The first kappa shape index (κ1) is 22.7. The number of nitrogens with zero attached hydrogens (tertiary/aromatic N) is 4. The molecule has 9 heteroatoms. The van der Waals surface area contributed by atoms with Crippen LogP contribution in [0.4, 0.5) is 17.5 Å². The Morgan fingerprint density at radius 2 is 1.89 bits per heavy atom. The number of phenolic OH excluding ortho intramolecular Hbond substituents is 1. The molecule has 0 radical (unpaired) electrons. The van der Waals surface area contributed by atoms with Gasteiger partial charge in [0.25, 0.3) is 0 Å². The minimum absolute atomic E-state index is 0.0408. The van der Waals surface area contributed by atoms with Gasteiger partial charge in [0.1, 0.15) is 11.6 Å². The van der Waals surface area contributed by atoms with Gasteiger partial charge in [0.2, 0.25) is 5.95 Å². The van der Waals surface area contributed by atoms with Crippen LogP contribution in [0.5, 0.6) is 5.75 Å². The van der Waals surface area contributed by atoms with E-state index < -0.39 is 0 Å². The summed E-state index contributed by atoms with van der Waals surface area (Å²) in [4.78, 5) is 17.6. The molecule has 0 aliphatic carbocycles. The summed E-state index contributed by atoms with van der Waals surface area (Å²) in [5.74, 6) is 3.05. The number of H-pyrrole nitrogens is 1. The third kappa shape index (κ3) is 3.83. The fourth-order valence-electron chi connectivity index (χ4n) is 6.11. The molecule has 0 spiro atoms. The SMILES string of the molecule is CN/C(=C\c1c(N)[nH]c2c1C(C)N(c1ncc(N3C[C@H]4CNC[C@H]4C3)cn1)CC2)c1ccccc1O. The molecule has 3 aliphatic rings. The second-order valence-electron chi connectivity index (χ2n) is 10.1. The zero-order valence-electron chi connectivity index (χ0n) is 20.8. The maximum absolute atomic E-state index is 10.4. The quantitative estimate of drug-likeness (QED) is 0.374. The molecule has 6 N–H and O–H groups in total. The van der Waals surface area contributed by atoms with Crippen LogP contribution in [0.3, 0.4) is 0 Å². The first-order valence-electron chi connectivity index (χ1n) is 12.8. The molecule has 5 heterocycles.